The van der Waals surface area contributed by atoms with Crippen molar-refractivity contribution in [3.8, 4) is 11.3 Å². The minimum atomic E-state index is -0.580. The van der Waals surface area contributed by atoms with Gasteiger partial charge in [-0.25, -0.2) is 4.39 Å². The number of nitrogens with zero attached hydrogens (tertiary/aromatic N) is 3. The van der Waals surface area contributed by atoms with E-state index in [1.54, 1.807) is 18.5 Å². The maximum absolute atomic E-state index is 15.2. The second-order valence-electron chi connectivity index (χ2n) is 6.30. The molecule has 1 aromatic carbocycles. The first kappa shape index (κ1) is 15.8. The van der Waals surface area contributed by atoms with Crippen LogP contribution in [0.3, 0.4) is 0 Å². The van der Waals surface area contributed by atoms with Gasteiger partial charge in [-0.2, -0.15) is 5.10 Å². The third-order valence-electron chi connectivity index (χ3n) is 4.34. The Hall–Kier alpha value is -2.74. The molecule has 3 heterocycles. The van der Waals surface area contributed by atoms with Gasteiger partial charge in [-0.05, 0) is 19.9 Å². The summed E-state index contributed by atoms with van der Waals surface area (Å²) in [5.74, 6) is -0.580. The molecular formula is C17H17FN4O3. The summed E-state index contributed by atoms with van der Waals surface area (Å²) in [6.45, 7) is 4.84. The lowest BCUT2D eigenvalue weighted by atomic mass is 10.0. The number of anilines is 1. The van der Waals surface area contributed by atoms with E-state index in [9.17, 15) is 4.79 Å². The van der Waals surface area contributed by atoms with Crippen molar-refractivity contribution in [3.63, 3.8) is 0 Å². The third kappa shape index (κ3) is 2.58. The van der Waals surface area contributed by atoms with E-state index in [4.69, 9.17) is 9.26 Å². The smallest absolute Gasteiger partial charge is 0.205 e. The van der Waals surface area contributed by atoms with Gasteiger partial charge in [0.1, 0.15) is 5.69 Å². The lowest BCUT2D eigenvalue weighted by molar-refractivity contribution is -0.00543. The maximum Gasteiger partial charge on any atom is 0.205 e. The molecule has 0 amide bonds. The Labute approximate surface area is 142 Å². The van der Waals surface area contributed by atoms with Crippen LogP contribution in [0.25, 0.3) is 22.2 Å². The number of H-pyrrole nitrogens is 1. The van der Waals surface area contributed by atoms with Crippen molar-refractivity contribution >= 4 is 22.9 Å². The summed E-state index contributed by atoms with van der Waals surface area (Å²) in [6, 6.07) is 1.62. The summed E-state index contributed by atoms with van der Waals surface area (Å²) in [6.07, 6.45) is 3.74. The van der Waals surface area contributed by atoms with Gasteiger partial charge in [0.05, 0.1) is 29.5 Å². The molecule has 1 saturated heterocycles. The van der Waals surface area contributed by atoms with Crippen molar-refractivity contribution in [2.24, 2.45) is 0 Å². The largest absolute Gasteiger partial charge is 0.372 e. The van der Waals surface area contributed by atoms with E-state index in [0.717, 1.165) is 0 Å². The third-order valence-corrected chi connectivity index (χ3v) is 4.34. The number of morpholine rings is 1. The molecule has 8 heteroatoms. The summed E-state index contributed by atoms with van der Waals surface area (Å²) in [5.41, 5.74) is 1.64. The van der Waals surface area contributed by atoms with Crippen LogP contribution >= 0.6 is 0 Å². The molecule has 0 radical (unpaired) electrons. The van der Waals surface area contributed by atoms with E-state index < -0.39 is 5.82 Å². The second-order valence-corrected chi connectivity index (χ2v) is 6.30. The average Bonchev–Trinajstić information content (AvgIpc) is 3.22. The van der Waals surface area contributed by atoms with Crippen molar-refractivity contribution < 1.29 is 18.4 Å². The maximum atomic E-state index is 15.2. The zero-order chi connectivity index (χ0) is 17.6. The average molecular weight is 344 g/mol. The lowest BCUT2D eigenvalue weighted by Crippen LogP contribution is -2.46. The number of aromatic nitrogens is 3. The monoisotopic (exact) mass is 344 g/mol. The van der Waals surface area contributed by atoms with Crippen LogP contribution in [-0.2, 0) is 4.74 Å². The van der Waals surface area contributed by atoms with Crippen molar-refractivity contribution in [2.75, 3.05) is 18.0 Å². The van der Waals surface area contributed by atoms with Gasteiger partial charge in [-0.1, -0.05) is 5.16 Å². The minimum absolute atomic E-state index is 0.0311. The predicted octanol–water partition coefficient (Wildman–Crippen LogP) is 2.78. The van der Waals surface area contributed by atoms with Crippen LogP contribution in [0, 0.1) is 5.82 Å². The molecule has 0 aliphatic carbocycles. The molecule has 130 valence electrons. The molecule has 1 N–H and O–H groups in total. The van der Waals surface area contributed by atoms with Gasteiger partial charge in [-0.3, -0.25) is 9.89 Å². The van der Waals surface area contributed by atoms with Gasteiger partial charge >= 0.3 is 0 Å². The molecule has 0 spiro atoms. The number of benzene rings is 1. The van der Waals surface area contributed by atoms with E-state index in [0.29, 0.717) is 36.0 Å². The minimum Gasteiger partial charge on any atom is -0.372 e. The van der Waals surface area contributed by atoms with Gasteiger partial charge in [-0.15, -0.1) is 0 Å². The predicted molar refractivity (Wildman–Crippen MR) is 89.2 cm³/mol. The first-order valence-corrected chi connectivity index (χ1v) is 8.05. The number of rotatable bonds is 3. The molecule has 2 atom stereocenters. The van der Waals surface area contributed by atoms with Gasteiger partial charge in [0.25, 0.3) is 0 Å². The fourth-order valence-corrected chi connectivity index (χ4v) is 3.41. The molecule has 1 aliphatic rings. The van der Waals surface area contributed by atoms with Crippen molar-refractivity contribution in [1.29, 1.82) is 0 Å². The fourth-order valence-electron chi connectivity index (χ4n) is 3.41. The Morgan fingerprint density at radius 1 is 1.36 bits per heavy atom. The Balaban J connectivity index is 1.88. The fraction of sp³-hybridized carbons (Fsp3) is 0.353. The summed E-state index contributed by atoms with van der Waals surface area (Å²) in [5, 5.41) is 10.9. The van der Waals surface area contributed by atoms with Gasteiger partial charge < -0.3 is 14.2 Å². The molecule has 2 aromatic heterocycles. The Morgan fingerprint density at radius 2 is 2.12 bits per heavy atom. The number of ether oxygens (including phenoxy) is 1. The van der Waals surface area contributed by atoms with Crippen LogP contribution in [0.5, 0.6) is 0 Å². The van der Waals surface area contributed by atoms with Gasteiger partial charge in [0.2, 0.25) is 5.58 Å². The molecule has 3 aromatic rings. The highest BCUT2D eigenvalue weighted by molar-refractivity contribution is 6.00. The molecule has 25 heavy (non-hydrogen) atoms. The Bertz CT molecular complexity index is 912. The number of fused-ring (bicyclic) bond motifs is 1. The summed E-state index contributed by atoms with van der Waals surface area (Å²) in [4.78, 5) is 13.5. The molecule has 1 aliphatic heterocycles. The standard InChI is InChI=1S/C17H17FN4O3/c1-9-6-22(7-10(2)24-9)16-11(8-23)3-13-15(12-4-19-20-5-12)21-25-17(13)14(16)18/h3-5,8-10H,6-7H2,1-2H3,(H,19,20). The molecule has 7 nitrogen and oxygen atoms in total. The number of nitrogens with one attached hydrogen (secondary N) is 1. The van der Waals surface area contributed by atoms with Crippen molar-refractivity contribution in [1.82, 2.24) is 15.4 Å². The SMILES string of the molecule is CC1CN(c2c(C=O)cc3c(-c4cn[nH]c4)noc3c2F)CC(C)O1. The molecule has 0 bridgehead atoms. The van der Waals surface area contributed by atoms with Crippen LogP contribution < -0.4 is 4.90 Å². The number of aldehydes is 1. The van der Waals surface area contributed by atoms with E-state index in [1.807, 2.05) is 18.7 Å². The van der Waals surface area contributed by atoms with E-state index in [-0.39, 0.29) is 29.0 Å². The van der Waals surface area contributed by atoms with Gasteiger partial charge in [0, 0.05) is 30.4 Å². The Kier molecular flexibility index (Phi) is 3.76. The van der Waals surface area contributed by atoms with E-state index in [2.05, 4.69) is 15.4 Å². The zero-order valence-corrected chi connectivity index (χ0v) is 13.8. The number of hydrogen-bond donors (Lipinski definition) is 1. The molecule has 0 saturated carbocycles. The van der Waals surface area contributed by atoms with Crippen LogP contribution in [0.1, 0.15) is 24.2 Å². The number of halogens is 1. The number of carbonyl (C=O) groups is 1. The lowest BCUT2D eigenvalue weighted by Gasteiger charge is -2.37. The first-order valence-electron chi connectivity index (χ1n) is 8.05. The quantitative estimate of drug-likeness (QED) is 0.736. The summed E-state index contributed by atoms with van der Waals surface area (Å²) in [7, 11) is 0. The van der Waals surface area contributed by atoms with Crippen molar-refractivity contribution in [3.05, 3.63) is 29.8 Å². The van der Waals surface area contributed by atoms with Gasteiger partial charge in [0.15, 0.2) is 12.1 Å². The second kappa shape index (κ2) is 5.96. The molecule has 4 rings (SSSR count). The topological polar surface area (TPSA) is 84.3 Å². The molecule has 1 fully saturated rings. The van der Waals surface area contributed by atoms with E-state index in [1.165, 1.54) is 0 Å². The number of carbonyl (C=O) groups excluding carboxylic acids is 1. The highest BCUT2D eigenvalue weighted by atomic mass is 19.1. The van der Waals surface area contributed by atoms with Crippen LogP contribution in [0.2, 0.25) is 0 Å². The first-order chi connectivity index (χ1) is 12.1. The number of aromatic amines is 1. The Morgan fingerprint density at radius 3 is 2.76 bits per heavy atom. The summed E-state index contributed by atoms with van der Waals surface area (Å²) < 4.78 is 26.2. The van der Waals surface area contributed by atoms with Crippen LogP contribution in [0.4, 0.5) is 10.1 Å². The molecule has 2 unspecified atom stereocenters. The normalized spacial score (nSPS) is 21.0. The highest BCUT2D eigenvalue weighted by Gasteiger charge is 2.29. The van der Waals surface area contributed by atoms with Crippen LogP contribution in [-0.4, -0.2) is 46.9 Å². The zero-order valence-electron chi connectivity index (χ0n) is 13.8. The van der Waals surface area contributed by atoms with Crippen LogP contribution in [0.15, 0.2) is 23.0 Å². The van der Waals surface area contributed by atoms with Crippen molar-refractivity contribution in [2.45, 2.75) is 26.1 Å². The highest BCUT2D eigenvalue weighted by Crippen LogP contribution is 2.36. The molecular weight excluding hydrogens is 327 g/mol. The number of hydrogen-bond acceptors (Lipinski definition) is 6. The summed E-state index contributed by atoms with van der Waals surface area (Å²) >= 11 is 0. The van der Waals surface area contributed by atoms with E-state index >= 15 is 4.39 Å².